The van der Waals surface area contributed by atoms with E-state index in [2.05, 4.69) is 4.74 Å². The molecule has 0 aromatic rings. The summed E-state index contributed by atoms with van der Waals surface area (Å²) in [5.41, 5.74) is -2.67. The standard InChI is InChI=1S/C11H18O8/c1-7(12)3-2-4-19-9(15)6-11(18,10(16)17)5-8(13)14/h7,12,18H,2-6H2,1H3,(H,13,14)(H,16,17). The third kappa shape index (κ3) is 7.37. The molecule has 0 aliphatic carbocycles. The molecule has 0 aromatic heterocycles. The summed E-state index contributed by atoms with van der Waals surface area (Å²) in [5, 5.41) is 35.7. The summed E-state index contributed by atoms with van der Waals surface area (Å²) < 4.78 is 4.65. The molecule has 8 nitrogen and oxygen atoms in total. The van der Waals surface area contributed by atoms with Crippen molar-refractivity contribution >= 4 is 17.9 Å². The third-order valence-electron chi connectivity index (χ3n) is 2.31. The first kappa shape index (κ1) is 17.3. The maximum Gasteiger partial charge on any atom is 0.336 e. The lowest BCUT2D eigenvalue weighted by Gasteiger charge is -2.20. The monoisotopic (exact) mass is 278 g/mol. The first-order valence-corrected chi connectivity index (χ1v) is 5.68. The smallest absolute Gasteiger partial charge is 0.336 e. The molecule has 0 spiro atoms. The number of aliphatic carboxylic acids is 2. The van der Waals surface area contributed by atoms with E-state index in [1.54, 1.807) is 6.92 Å². The third-order valence-corrected chi connectivity index (χ3v) is 2.31. The minimum Gasteiger partial charge on any atom is -0.481 e. The largest absolute Gasteiger partial charge is 0.481 e. The van der Waals surface area contributed by atoms with Crippen molar-refractivity contribution in [2.45, 2.75) is 44.3 Å². The number of carboxylic acids is 2. The van der Waals surface area contributed by atoms with Gasteiger partial charge in [0, 0.05) is 0 Å². The molecule has 0 heterocycles. The van der Waals surface area contributed by atoms with Crippen molar-refractivity contribution < 1.29 is 39.5 Å². The number of hydrogen-bond acceptors (Lipinski definition) is 6. The Morgan fingerprint density at radius 3 is 2.21 bits per heavy atom. The van der Waals surface area contributed by atoms with Crippen molar-refractivity contribution in [3.05, 3.63) is 0 Å². The van der Waals surface area contributed by atoms with Crippen LogP contribution in [0.3, 0.4) is 0 Å². The molecule has 2 atom stereocenters. The number of aliphatic hydroxyl groups is 2. The molecule has 0 radical (unpaired) electrons. The molecular formula is C11H18O8. The number of carboxylic acid groups (broad SMARTS) is 2. The Morgan fingerprint density at radius 1 is 1.21 bits per heavy atom. The second-order valence-electron chi connectivity index (χ2n) is 4.30. The molecule has 4 N–H and O–H groups in total. The molecule has 2 unspecified atom stereocenters. The fourth-order valence-electron chi connectivity index (χ4n) is 1.32. The zero-order valence-corrected chi connectivity index (χ0v) is 10.5. The summed E-state index contributed by atoms with van der Waals surface area (Å²) >= 11 is 0. The fraction of sp³-hybridized carbons (Fsp3) is 0.727. The Labute approximate surface area is 109 Å². The number of carbonyl (C=O) groups excluding carboxylic acids is 1. The molecule has 0 aromatic carbocycles. The first-order chi connectivity index (χ1) is 8.67. The molecule has 0 fully saturated rings. The van der Waals surface area contributed by atoms with E-state index in [-0.39, 0.29) is 6.61 Å². The molecule has 0 bridgehead atoms. The van der Waals surface area contributed by atoms with Crippen molar-refractivity contribution in [2.24, 2.45) is 0 Å². The number of carbonyl (C=O) groups is 3. The Morgan fingerprint density at radius 2 is 1.79 bits per heavy atom. The summed E-state index contributed by atoms with van der Waals surface area (Å²) in [6.45, 7) is 1.53. The van der Waals surface area contributed by atoms with Crippen LogP contribution in [0.5, 0.6) is 0 Å². The highest BCUT2D eigenvalue weighted by molar-refractivity contribution is 5.88. The summed E-state index contributed by atoms with van der Waals surface area (Å²) in [5.74, 6) is -4.33. The fourth-order valence-corrected chi connectivity index (χ4v) is 1.32. The van der Waals surface area contributed by atoms with Crippen LogP contribution >= 0.6 is 0 Å². The van der Waals surface area contributed by atoms with Gasteiger partial charge in [-0.15, -0.1) is 0 Å². The second kappa shape index (κ2) is 7.70. The van der Waals surface area contributed by atoms with Crippen LogP contribution < -0.4 is 0 Å². The van der Waals surface area contributed by atoms with E-state index in [1.807, 2.05) is 0 Å². The number of hydrogen-bond donors (Lipinski definition) is 4. The molecule has 8 heteroatoms. The van der Waals surface area contributed by atoms with Gasteiger partial charge >= 0.3 is 17.9 Å². The van der Waals surface area contributed by atoms with Gasteiger partial charge in [-0.25, -0.2) is 4.79 Å². The Hall–Kier alpha value is -1.67. The second-order valence-corrected chi connectivity index (χ2v) is 4.30. The van der Waals surface area contributed by atoms with Crippen LogP contribution in [0, 0.1) is 0 Å². The van der Waals surface area contributed by atoms with Gasteiger partial charge in [0.05, 0.1) is 25.6 Å². The van der Waals surface area contributed by atoms with Crippen LogP contribution in [0.15, 0.2) is 0 Å². The van der Waals surface area contributed by atoms with Gasteiger partial charge < -0.3 is 25.2 Å². The van der Waals surface area contributed by atoms with Crippen LogP contribution in [0.25, 0.3) is 0 Å². The van der Waals surface area contributed by atoms with Crippen LogP contribution in [-0.2, 0) is 19.1 Å². The predicted molar refractivity (Wildman–Crippen MR) is 61.3 cm³/mol. The Bertz CT molecular complexity index is 338. The molecular weight excluding hydrogens is 260 g/mol. The van der Waals surface area contributed by atoms with Crippen molar-refractivity contribution in [3.8, 4) is 0 Å². The molecule has 0 amide bonds. The zero-order valence-electron chi connectivity index (χ0n) is 10.5. The number of aliphatic hydroxyl groups excluding tert-OH is 1. The maximum absolute atomic E-state index is 11.3. The van der Waals surface area contributed by atoms with Crippen LogP contribution in [0.1, 0.15) is 32.6 Å². The zero-order chi connectivity index (χ0) is 15.1. The minimum atomic E-state index is -2.67. The van der Waals surface area contributed by atoms with Crippen LogP contribution in [-0.4, -0.2) is 56.6 Å². The molecule has 0 saturated heterocycles. The van der Waals surface area contributed by atoms with Crippen molar-refractivity contribution in [1.82, 2.24) is 0 Å². The Kier molecular flexibility index (Phi) is 7.02. The van der Waals surface area contributed by atoms with E-state index in [9.17, 15) is 19.5 Å². The van der Waals surface area contributed by atoms with Crippen LogP contribution in [0.4, 0.5) is 0 Å². The van der Waals surface area contributed by atoms with Crippen molar-refractivity contribution in [1.29, 1.82) is 0 Å². The van der Waals surface area contributed by atoms with Gasteiger partial charge in [0.2, 0.25) is 0 Å². The van der Waals surface area contributed by atoms with E-state index in [4.69, 9.17) is 15.3 Å². The average Bonchev–Trinajstić information content (AvgIpc) is 2.22. The first-order valence-electron chi connectivity index (χ1n) is 5.68. The van der Waals surface area contributed by atoms with E-state index in [1.165, 1.54) is 0 Å². The van der Waals surface area contributed by atoms with Gasteiger partial charge in [-0.1, -0.05) is 0 Å². The lowest BCUT2D eigenvalue weighted by molar-refractivity contribution is -0.172. The molecule has 0 rings (SSSR count). The molecule has 110 valence electrons. The molecule has 0 aliphatic heterocycles. The van der Waals surface area contributed by atoms with Crippen LogP contribution in [0.2, 0.25) is 0 Å². The van der Waals surface area contributed by atoms with Gasteiger partial charge in [0.1, 0.15) is 0 Å². The number of esters is 1. The van der Waals surface area contributed by atoms with Gasteiger partial charge in [0.25, 0.3) is 0 Å². The van der Waals surface area contributed by atoms with Crippen molar-refractivity contribution in [2.75, 3.05) is 6.61 Å². The summed E-state index contributed by atoms with van der Waals surface area (Å²) in [6.07, 6.45) is -1.78. The quantitative estimate of drug-likeness (QED) is 0.322. The van der Waals surface area contributed by atoms with Gasteiger partial charge in [0.15, 0.2) is 5.60 Å². The molecule has 0 aliphatic rings. The van der Waals surface area contributed by atoms with Crippen molar-refractivity contribution in [3.63, 3.8) is 0 Å². The topological polar surface area (TPSA) is 141 Å². The SMILES string of the molecule is CC(O)CCCOC(=O)CC(O)(CC(=O)O)C(=O)O. The van der Waals surface area contributed by atoms with E-state index in [0.717, 1.165) is 0 Å². The normalized spacial score (nSPS) is 15.3. The highest BCUT2D eigenvalue weighted by Crippen LogP contribution is 2.17. The minimum absolute atomic E-state index is 0.0352. The average molecular weight is 278 g/mol. The summed E-state index contributed by atoms with van der Waals surface area (Å²) in [6, 6.07) is 0. The van der Waals surface area contributed by atoms with E-state index < -0.39 is 42.5 Å². The lowest BCUT2D eigenvalue weighted by Crippen LogP contribution is -2.43. The summed E-state index contributed by atoms with van der Waals surface area (Å²) in [4.78, 5) is 32.5. The highest BCUT2D eigenvalue weighted by Gasteiger charge is 2.41. The number of ether oxygens (including phenoxy) is 1. The number of rotatable bonds is 9. The van der Waals surface area contributed by atoms with E-state index >= 15 is 0 Å². The lowest BCUT2D eigenvalue weighted by atomic mass is 9.96. The highest BCUT2D eigenvalue weighted by atomic mass is 16.5. The Balaban J connectivity index is 4.25. The van der Waals surface area contributed by atoms with E-state index in [0.29, 0.717) is 12.8 Å². The maximum atomic E-state index is 11.3. The predicted octanol–water partition coefficient (Wildman–Crippen LogP) is -0.629. The molecule has 19 heavy (non-hydrogen) atoms. The summed E-state index contributed by atoms with van der Waals surface area (Å²) in [7, 11) is 0. The molecule has 0 saturated carbocycles. The van der Waals surface area contributed by atoms with Gasteiger partial charge in [-0.3, -0.25) is 9.59 Å². The van der Waals surface area contributed by atoms with Gasteiger partial charge in [-0.05, 0) is 19.8 Å². The van der Waals surface area contributed by atoms with Gasteiger partial charge in [-0.2, -0.15) is 0 Å².